The van der Waals surface area contributed by atoms with E-state index in [2.05, 4.69) is 14.3 Å². The third-order valence-corrected chi connectivity index (χ3v) is 5.30. The van der Waals surface area contributed by atoms with Gasteiger partial charge in [-0.3, -0.25) is 4.79 Å². The van der Waals surface area contributed by atoms with E-state index in [4.69, 9.17) is 0 Å². The lowest BCUT2D eigenvalue weighted by atomic mass is 9.97. The zero-order chi connectivity index (χ0) is 12.8. The highest BCUT2D eigenvalue weighted by Gasteiger charge is 2.20. The Morgan fingerprint density at radius 3 is 3.00 bits per heavy atom. The molecule has 4 rings (SSSR count). The number of aryl methyl sites for hydroxylation is 2. The number of fused-ring (bicyclic) bond motifs is 3. The van der Waals surface area contributed by atoms with Gasteiger partial charge >= 0.3 is 0 Å². The topological polar surface area (TPSA) is 58.6 Å². The fourth-order valence-electron chi connectivity index (χ4n) is 2.62. The van der Waals surface area contributed by atoms with Crippen molar-refractivity contribution in [2.45, 2.75) is 25.7 Å². The van der Waals surface area contributed by atoms with E-state index in [9.17, 15) is 4.79 Å². The smallest absolute Gasteiger partial charge is 0.260 e. The summed E-state index contributed by atoms with van der Waals surface area (Å²) in [7, 11) is 0. The van der Waals surface area contributed by atoms with E-state index in [0.29, 0.717) is 5.82 Å². The van der Waals surface area contributed by atoms with Gasteiger partial charge in [-0.05, 0) is 42.8 Å². The minimum Gasteiger partial charge on any atom is -0.306 e. The molecule has 1 aliphatic rings. The molecule has 0 atom stereocenters. The summed E-state index contributed by atoms with van der Waals surface area (Å²) in [6, 6.07) is 0. The van der Waals surface area contributed by atoms with Gasteiger partial charge in [-0.25, -0.2) is 9.36 Å². The van der Waals surface area contributed by atoms with Crippen LogP contribution in [0.5, 0.6) is 0 Å². The van der Waals surface area contributed by atoms with Crippen LogP contribution in [0.4, 0.5) is 0 Å². The summed E-state index contributed by atoms with van der Waals surface area (Å²) in [6.07, 6.45) is 6.24. The maximum absolute atomic E-state index is 12.3. The Bertz CT molecular complexity index is 801. The molecule has 0 spiro atoms. The van der Waals surface area contributed by atoms with Crippen molar-refractivity contribution in [2.75, 3.05) is 0 Å². The highest BCUT2D eigenvalue weighted by molar-refractivity contribution is 7.18. The quantitative estimate of drug-likeness (QED) is 0.749. The molecule has 1 aliphatic carbocycles. The summed E-state index contributed by atoms with van der Waals surface area (Å²) in [5, 5.41) is 2.71. The molecule has 3 aromatic rings. The van der Waals surface area contributed by atoms with Gasteiger partial charge in [0.2, 0.25) is 0 Å². The van der Waals surface area contributed by atoms with Gasteiger partial charge in [0.1, 0.15) is 10.7 Å². The summed E-state index contributed by atoms with van der Waals surface area (Å²) in [6.45, 7) is 0. The van der Waals surface area contributed by atoms with Gasteiger partial charge in [0.25, 0.3) is 5.56 Å². The van der Waals surface area contributed by atoms with Crippen LogP contribution < -0.4 is 5.56 Å². The zero-order valence-electron chi connectivity index (χ0n) is 10.1. The van der Waals surface area contributed by atoms with Gasteiger partial charge in [-0.15, -0.1) is 11.3 Å². The van der Waals surface area contributed by atoms with E-state index >= 15 is 0 Å². The monoisotopic (exact) mass is 289 g/mol. The number of thiophene rings is 1. The van der Waals surface area contributed by atoms with Crippen LogP contribution in [0.3, 0.4) is 0 Å². The number of nitrogens with zero attached hydrogens (tertiary/aromatic N) is 2. The summed E-state index contributed by atoms with van der Waals surface area (Å²) in [4.78, 5) is 22.0. The third kappa shape index (κ3) is 1.74. The molecular formula is C13H11N3OS2. The van der Waals surface area contributed by atoms with E-state index in [0.717, 1.165) is 28.6 Å². The first kappa shape index (κ1) is 11.3. The molecule has 0 saturated heterocycles. The van der Waals surface area contributed by atoms with Crippen molar-refractivity contribution in [3.63, 3.8) is 0 Å². The molecule has 3 heterocycles. The van der Waals surface area contributed by atoms with E-state index < -0.39 is 0 Å². The van der Waals surface area contributed by atoms with Crippen LogP contribution >= 0.6 is 22.9 Å². The second-order valence-electron chi connectivity index (χ2n) is 4.72. The summed E-state index contributed by atoms with van der Waals surface area (Å²) in [5.41, 5.74) is 2.11. The van der Waals surface area contributed by atoms with Gasteiger partial charge in [-0.2, -0.15) is 0 Å². The first-order valence-corrected chi connectivity index (χ1v) is 7.92. The Balaban J connectivity index is 2.00. The van der Waals surface area contributed by atoms with Crippen molar-refractivity contribution in [3.8, 4) is 11.4 Å². The Hall–Kier alpha value is -1.53. The molecule has 0 bridgehead atoms. The molecule has 0 saturated carbocycles. The minimum absolute atomic E-state index is 0.00870. The normalized spacial score (nSPS) is 14.7. The van der Waals surface area contributed by atoms with Crippen LogP contribution in [-0.4, -0.2) is 14.3 Å². The summed E-state index contributed by atoms with van der Waals surface area (Å²) in [5.74, 6) is 0.629. The molecule has 0 radical (unpaired) electrons. The molecule has 0 unspecified atom stereocenters. The minimum atomic E-state index is -0.00870. The van der Waals surface area contributed by atoms with Gasteiger partial charge in [0, 0.05) is 15.8 Å². The molecule has 3 aromatic heterocycles. The Morgan fingerprint density at radius 1 is 1.26 bits per heavy atom. The van der Waals surface area contributed by atoms with Crippen LogP contribution in [0.1, 0.15) is 23.3 Å². The highest BCUT2D eigenvalue weighted by Crippen LogP contribution is 2.34. The first-order chi connectivity index (χ1) is 9.33. The lowest BCUT2D eigenvalue weighted by Gasteiger charge is -2.09. The Morgan fingerprint density at radius 2 is 2.16 bits per heavy atom. The van der Waals surface area contributed by atoms with Gasteiger partial charge in [-0.1, -0.05) is 0 Å². The lowest BCUT2D eigenvalue weighted by Crippen LogP contribution is -2.10. The van der Waals surface area contributed by atoms with Crippen molar-refractivity contribution in [3.05, 3.63) is 32.4 Å². The van der Waals surface area contributed by atoms with Crippen molar-refractivity contribution in [2.24, 2.45) is 0 Å². The van der Waals surface area contributed by atoms with E-state index in [1.165, 1.54) is 34.8 Å². The van der Waals surface area contributed by atoms with E-state index in [-0.39, 0.29) is 5.56 Å². The van der Waals surface area contributed by atoms with Crippen LogP contribution in [0, 0.1) is 0 Å². The molecule has 19 heavy (non-hydrogen) atoms. The Kier molecular flexibility index (Phi) is 2.53. The molecule has 0 fully saturated rings. The van der Waals surface area contributed by atoms with Crippen LogP contribution in [0.25, 0.3) is 21.6 Å². The number of hydrogen-bond acceptors (Lipinski definition) is 5. The number of aromatic nitrogens is 3. The number of rotatable bonds is 1. The fourth-order valence-corrected chi connectivity index (χ4v) is 4.41. The van der Waals surface area contributed by atoms with Crippen molar-refractivity contribution in [1.82, 2.24) is 14.3 Å². The van der Waals surface area contributed by atoms with Crippen molar-refractivity contribution >= 4 is 33.1 Å². The number of H-pyrrole nitrogens is 1. The molecule has 6 heteroatoms. The highest BCUT2D eigenvalue weighted by atomic mass is 32.1. The number of nitrogens with one attached hydrogen (secondary N) is 1. The average Bonchev–Trinajstić information content (AvgIpc) is 3.05. The molecule has 0 amide bonds. The maximum atomic E-state index is 12.3. The summed E-state index contributed by atoms with van der Waals surface area (Å²) >= 11 is 3.04. The molecular weight excluding hydrogens is 278 g/mol. The zero-order valence-corrected chi connectivity index (χ0v) is 11.7. The second-order valence-corrected chi connectivity index (χ2v) is 6.46. The largest absolute Gasteiger partial charge is 0.306 e. The van der Waals surface area contributed by atoms with E-state index in [1.807, 2.05) is 5.38 Å². The average molecular weight is 289 g/mol. The lowest BCUT2D eigenvalue weighted by molar-refractivity contribution is 0.700. The predicted octanol–water partition coefficient (Wildman–Crippen LogP) is 2.99. The predicted molar refractivity (Wildman–Crippen MR) is 78.0 cm³/mol. The van der Waals surface area contributed by atoms with Crippen LogP contribution in [0.15, 0.2) is 16.4 Å². The molecule has 0 aromatic carbocycles. The Labute approximate surface area is 117 Å². The molecule has 1 N–H and O–H groups in total. The van der Waals surface area contributed by atoms with Gasteiger partial charge < -0.3 is 4.98 Å². The van der Waals surface area contributed by atoms with Crippen LogP contribution in [0.2, 0.25) is 0 Å². The standard InChI is InChI=1S/C13H11N3OS2/c17-12-10-8-3-1-2-4-9(8)19-13(10)16-11(15-12)7-5-14-18-6-7/h5-6H,1-4H2,(H,15,16,17). The maximum Gasteiger partial charge on any atom is 0.260 e. The molecule has 4 nitrogen and oxygen atoms in total. The van der Waals surface area contributed by atoms with Crippen molar-refractivity contribution < 1.29 is 0 Å². The number of aromatic amines is 1. The summed E-state index contributed by atoms with van der Waals surface area (Å²) < 4.78 is 4.06. The number of hydrogen-bond donors (Lipinski definition) is 1. The van der Waals surface area contributed by atoms with Gasteiger partial charge in [0.15, 0.2) is 0 Å². The van der Waals surface area contributed by atoms with Crippen LogP contribution in [-0.2, 0) is 12.8 Å². The fraction of sp³-hybridized carbons (Fsp3) is 0.308. The van der Waals surface area contributed by atoms with Gasteiger partial charge in [0.05, 0.1) is 11.6 Å². The molecule has 96 valence electrons. The third-order valence-electron chi connectivity index (χ3n) is 3.53. The second kappa shape index (κ2) is 4.25. The SMILES string of the molecule is O=c1[nH]c(-c2cnsc2)nc2sc3c(c12)CCCC3. The van der Waals surface area contributed by atoms with E-state index in [1.54, 1.807) is 17.5 Å². The molecule has 0 aliphatic heterocycles. The van der Waals surface area contributed by atoms with Crippen molar-refractivity contribution in [1.29, 1.82) is 0 Å². The first-order valence-electron chi connectivity index (χ1n) is 6.27.